The number of imidazole rings is 1. The Morgan fingerprint density at radius 2 is 1.94 bits per heavy atom. The Labute approximate surface area is 208 Å². The van der Waals surface area contributed by atoms with Crippen LogP contribution in [0.3, 0.4) is 0 Å². The van der Waals surface area contributed by atoms with E-state index in [1.807, 2.05) is 34.6 Å². The smallest absolute Gasteiger partial charge is 0.246 e. The monoisotopic (exact) mass is 486 g/mol. The summed E-state index contributed by atoms with van der Waals surface area (Å²) >= 11 is 0. The molecule has 5 rings (SSSR count). The molecule has 1 amide bonds. The van der Waals surface area contributed by atoms with Gasteiger partial charge in [0.05, 0.1) is 30.1 Å². The van der Waals surface area contributed by atoms with Crippen molar-refractivity contribution in [1.82, 2.24) is 19.3 Å². The Balaban J connectivity index is 1.53. The van der Waals surface area contributed by atoms with Crippen LogP contribution in [-0.4, -0.2) is 38.8 Å². The van der Waals surface area contributed by atoms with Crippen molar-refractivity contribution >= 4 is 11.4 Å². The van der Waals surface area contributed by atoms with Crippen LogP contribution >= 0.6 is 0 Å². The maximum atomic E-state index is 14.5. The summed E-state index contributed by atoms with van der Waals surface area (Å²) in [4.78, 5) is 24.0. The summed E-state index contributed by atoms with van der Waals surface area (Å²) in [5.41, 5.74) is 3.36. The summed E-state index contributed by atoms with van der Waals surface area (Å²) in [5.74, 6) is 0.854. The van der Waals surface area contributed by atoms with Gasteiger partial charge in [-0.15, -0.1) is 0 Å². The molecule has 36 heavy (non-hydrogen) atoms. The van der Waals surface area contributed by atoms with Gasteiger partial charge in [0, 0.05) is 24.5 Å². The van der Waals surface area contributed by atoms with Gasteiger partial charge in [0.15, 0.2) is 11.5 Å². The predicted molar refractivity (Wildman–Crippen MR) is 135 cm³/mol. The minimum atomic E-state index is -0.554. The van der Waals surface area contributed by atoms with Crippen molar-refractivity contribution < 1.29 is 18.7 Å². The Morgan fingerprint density at radius 1 is 1.17 bits per heavy atom. The number of likely N-dealkylation sites (tertiary alicyclic amines) is 1. The second kappa shape index (κ2) is 9.81. The summed E-state index contributed by atoms with van der Waals surface area (Å²) in [6, 6.07) is 11.9. The van der Waals surface area contributed by atoms with Crippen molar-refractivity contribution in [3.63, 3.8) is 0 Å². The molecule has 7 nitrogen and oxygen atoms in total. The van der Waals surface area contributed by atoms with Gasteiger partial charge < -0.3 is 14.4 Å². The molecule has 1 aliphatic rings. The van der Waals surface area contributed by atoms with E-state index in [4.69, 9.17) is 14.5 Å². The molecule has 0 spiro atoms. The Bertz CT molecular complexity index is 1430. The maximum Gasteiger partial charge on any atom is 0.246 e. The van der Waals surface area contributed by atoms with Gasteiger partial charge in [-0.2, -0.15) is 4.39 Å². The molecule has 0 saturated carbocycles. The summed E-state index contributed by atoms with van der Waals surface area (Å²) in [6.45, 7) is 6.30. The van der Waals surface area contributed by atoms with Crippen LogP contribution < -0.4 is 9.47 Å². The molecule has 0 unspecified atom stereocenters. The highest BCUT2D eigenvalue weighted by atomic mass is 19.1. The fourth-order valence-electron chi connectivity index (χ4n) is 4.77. The number of methoxy groups -OCH3 is 1. The van der Waals surface area contributed by atoms with Gasteiger partial charge in [-0.05, 0) is 68.7 Å². The zero-order chi connectivity index (χ0) is 25.2. The summed E-state index contributed by atoms with van der Waals surface area (Å²) in [5, 5.41) is 0. The lowest BCUT2D eigenvalue weighted by Gasteiger charge is -2.34. The van der Waals surface area contributed by atoms with Gasteiger partial charge in [0.2, 0.25) is 11.7 Å². The van der Waals surface area contributed by atoms with Crippen LogP contribution in [0.4, 0.5) is 4.39 Å². The average Bonchev–Trinajstić information content (AvgIpc) is 3.31. The van der Waals surface area contributed by atoms with Crippen LogP contribution in [0, 0.1) is 12.7 Å². The number of carbonyl (C=O) groups excluding carboxylic acids is 1. The first kappa shape index (κ1) is 23.5. The third-order valence-corrected chi connectivity index (χ3v) is 6.53. The molecule has 0 radical (unpaired) electrons. The highest BCUT2D eigenvalue weighted by molar-refractivity contribution is 5.87. The van der Waals surface area contributed by atoms with E-state index in [-0.39, 0.29) is 23.4 Å². The molecule has 1 fully saturated rings. The van der Waals surface area contributed by atoms with E-state index in [9.17, 15) is 9.18 Å². The summed E-state index contributed by atoms with van der Waals surface area (Å²) < 4.78 is 27.3. The van der Waals surface area contributed by atoms with Gasteiger partial charge >= 0.3 is 0 Å². The molecule has 1 atom stereocenters. The number of aromatic nitrogens is 3. The first-order valence-electron chi connectivity index (χ1n) is 11.9. The zero-order valence-electron chi connectivity index (χ0n) is 20.3. The maximum absolute atomic E-state index is 14.5. The van der Waals surface area contributed by atoms with Gasteiger partial charge in [-0.25, -0.2) is 4.98 Å². The molecule has 2 aromatic heterocycles. The molecule has 1 aliphatic heterocycles. The number of piperidine rings is 1. The minimum absolute atomic E-state index is 0.0844. The second-order valence-electron chi connectivity index (χ2n) is 8.70. The molecule has 4 aromatic rings. The predicted octanol–water partition coefficient (Wildman–Crippen LogP) is 5.88. The number of aryl methyl sites for hydroxylation is 1. The number of nitrogens with zero attached hydrogens (tertiary/aromatic N) is 4. The van der Waals surface area contributed by atoms with Crippen molar-refractivity contribution in [2.24, 2.45) is 0 Å². The van der Waals surface area contributed by atoms with E-state index >= 15 is 0 Å². The van der Waals surface area contributed by atoms with Crippen molar-refractivity contribution in [2.75, 3.05) is 13.7 Å². The molecule has 8 heteroatoms. The molecule has 0 aliphatic carbocycles. The van der Waals surface area contributed by atoms with E-state index in [0.29, 0.717) is 12.3 Å². The number of rotatable bonds is 6. The Morgan fingerprint density at radius 3 is 2.69 bits per heavy atom. The van der Waals surface area contributed by atoms with Crippen molar-refractivity contribution in [3.05, 3.63) is 84.8 Å². The normalized spacial score (nSPS) is 15.6. The van der Waals surface area contributed by atoms with Crippen molar-refractivity contribution in [1.29, 1.82) is 0 Å². The fraction of sp³-hybridized carbons (Fsp3) is 0.250. The number of hydrogen-bond acceptors (Lipinski definition) is 5. The molecular weight excluding hydrogens is 459 g/mol. The third-order valence-electron chi connectivity index (χ3n) is 6.53. The van der Waals surface area contributed by atoms with Gasteiger partial charge in [-0.1, -0.05) is 12.6 Å². The van der Waals surface area contributed by atoms with E-state index in [1.54, 1.807) is 36.5 Å². The van der Waals surface area contributed by atoms with Gasteiger partial charge in [0.25, 0.3) is 0 Å². The van der Waals surface area contributed by atoms with E-state index in [2.05, 4.69) is 11.6 Å². The molecule has 0 bridgehead atoms. The van der Waals surface area contributed by atoms with Crippen LogP contribution in [0.25, 0.3) is 16.8 Å². The molecule has 184 valence electrons. The van der Waals surface area contributed by atoms with Crippen LogP contribution in [0.2, 0.25) is 0 Å². The number of fused-ring (bicyclic) bond motifs is 1. The molecule has 3 heterocycles. The largest absolute Gasteiger partial charge is 0.494 e. The number of hydrogen-bond donors (Lipinski definition) is 0. The van der Waals surface area contributed by atoms with Crippen LogP contribution in [-0.2, 0) is 4.79 Å². The minimum Gasteiger partial charge on any atom is -0.494 e. The van der Waals surface area contributed by atoms with Gasteiger partial charge in [0.1, 0.15) is 11.6 Å². The number of benzene rings is 2. The SMILES string of the molecule is C=CC(=O)N1CCCC[C@H]1c1nc(-c2ccc(Oc3cccc(OC)c3F)cc2)c2c(C)nccn12. The van der Waals surface area contributed by atoms with E-state index in [0.717, 1.165) is 47.6 Å². The third kappa shape index (κ3) is 4.19. The number of halogens is 1. The molecular formula is C28H27FN4O3. The Kier molecular flexibility index (Phi) is 6.41. The lowest BCUT2D eigenvalue weighted by Crippen LogP contribution is -2.38. The summed E-state index contributed by atoms with van der Waals surface area (Å²) in [7, 11) is 1.41. The quantitative estimate of drug-likeness (QED) is 0.318. The fourth-order valence-corrected chi connectivity index (χ4v) is 4.77. The van der Waals surface area contributed by atoms with Gasteiger partial charge in [-0.3, -0.25) is 14.2 Å². The molecule has 1 saturated heterocycles. The summed E-state index contributed by atoms with van der Waals surface area (Å²) in [6.07, 6.45) is 7.82. The first-order valence-corrected chi connectivity index (χ1v) is 11.9. The standard InChI is InChI=1S/C28H27FN4O3/c1-4-24(34)32-16-6-5-8-21(32)28-31-26(27-18(2)30-15-17-33(27)28)19-11-13-20(14-12-19)36-23-10-7-9-22(35-3)25(23)29/h4,7,9-15,17,21H,1,5-6,8,16H2,2-3H3/t21-/m0/s1. The van der Waals surface area contributed by atoms with Crippen LogP contribution in [0.1, 0.15) is 36.8 Å². The average molecular weight is 487 g/mol. The number of amides is 1. The zero-order valence-corrected chi connectivity index (χ0v) is 20.3. The number of ether oxygens (including phenoxy) is 2. The lowest BCUT2D eigenvalue weighted by atomic mass is 10.0. The van der Waals surface area contributed by atoms with Crippen LogP contribution in [0.5, 0.6) is 17.2 Å². The first-order chi connectivity index (χ1) is 17.5. The van der Waals surface area contributed by atoms with Crippen molar-refractivity contribution in [3.8, 4) is 28.5 Å². The second-order valence-corrected chi connectivity index (χ2v) is 8.70. The highest BCUT2D eigenvalue weighted by Crippen LogP contribution is 2.36. The molecule has 2 aromatic carbocycles. The lowest BCUT2D eigenvalue weighted by molar-refractivity contribution is -0.129. The molecule has 0 N–H and O–H groups in total. The van der Waals surface area contributed by atoms with Crippen molar-refractivity contribution in [2.45, 2.75) is 32.2 Å². The van der Waals surface area contributed by atoms with Crippen LogP contribution in [0.15, 0.2) is 67.5 Å². The Hall–Kier alpha value is -4.20. The highest BCUT2D eigenvalue weighted by Gasteiger charge is 2.31. The number of carbonyl (C=O) groups is 1. The van der Waals surface area contributed by atoms with E-state index < -0.39 is 5.82 Å². The topological polar surface area (TPSA) is 69.0 Å². The van der Waals surface area contributed by atoms with E-state index in [1.165, 1.54) is 13.2 Å².